The zero-order valence-electron chi connectivity index (χ0n) is 15.8. The van der Waals surface area contributed by atoms with E-state index in [0.29, 0.717) is 30.2 Å². The Labute approximate surface area is 164 Å². The van der Waals surface area contributed by atoms with Crippen LogP contribution < -0.4 is 5.32 Å². The number of carbonyl (C=O) groups is 3. The van der Waals surface area contributed by atoms with Gasteiger partial charge in [0.05, 0.1) is 5.92 Å². The molecule has 146 valence electrons. The minimum absolute atomic E-state index is 0.00888. The van der Waals surface area contributed by atoms with Crippen molar-refractivity contribution in [2.45, 2.75) is 45.2 Å². The van der Waals surface area contributed by atoms with E-state index in [9.17, 15) is 14.4 Å². The van der Waals surface area contributed by atoms with E-state index < -0.39 is 0 Å². The average molecular weight is 392 g/mol. The number of halogens is 1. The van der Waals surface area contributed by atoms with Gasteiger partial charge in [0, 0.05) is 48.7 Å². The summed E-state index contributed by atoms with van der Waals surface area (Å²) in [4.78, 5) is 40.6. The van der Waals surface area contributed by atoms with Crippen molar-refractivity contribution in [2.24, 2.45) is 5.92 Å². The van der Waals surface area contributed by atoms with Gasteiger partial charge < -0.3 is 15.1 Å². The van der Waals surface area contributed by atoms with Gasteiger partial charge in [-0.3, -0.25) is 14.4 Å². The van der Waals surface area contributed by atoms with E-state index in [-0.39, 0.29) is 42.1 Å². The number of likely N-dealkylation sites (tertiary alicyclic amines) is 2. The SMILES string of the molecule is CC(C)N1CC(C(=O)NC2CCN(C(=O)c3ccc(Cl)cc3)CC2)CC1=O. The molecule has 0 spiro atoms. The van der Waals surface area contributed by atoms with Crippen LogP contribution in [0.1, 0.15) is 43.5 Å². The van der Waals surface area contributed by atoms with Gasteiger partial charge in [0.2, 0.25) is 11.8 Å². The molecule has 0 saturated carbocycles. The molecule has 0 aliphatic carbocycles. The number of hydrogen-bond donors (Lipinski definition) is 1. The predicted molar refractivity (Wildman–Crippen MR) is 103 cm³/mol. The van der Waals surface area contributed by atoms with Crippen molar-refractivity contribution >= 4 is 29.3 Å². The van der Waals surface area contributed by atoms with Crippen molar-refractivity contribution in [2.75, 3.05) is 19.6 Å². The van der Waals surface area contributed by atoms with Crippen LogP contribution in [0.2, 0.25) is 5.02 Å². The van der Waals surface area contributed by atoms with Crippen LogP contribution in [-0.2, 0) is 9.59 Å². The van der Waals surface area contributed by atoms with Crippen molar-refractivity contribution in [3.05, 3.63) is 34.9 Å². The fourth-order valence-electron chi connectivity index (χ4n) is 3.73. The first-order chi connectivity index (χ1) is 12.8. The van der Waals surface area contributed by atoms with Crippen LogP contribution in [0.4, 0.5) is 0 Å². The standard InChI is InChI=1S/C20H26ClN3O3/c1-13(2)24-12-15(11-18(24)25)19(26)22-17-7-9-23(10-8-17)20(27)14-3-5-16(21)6-4-14/h3-6,13,15,17H,7-12H2,1-2H3,(H,22,26). The van der Waals surface area contributed by atoms with Crippen LogP contribution in [0.25, 0.3) is 0 Å². The zero-order chi connectivity index (χ0) is 19.6. The Morgan fingerprint density at radius 2 is 1.78 bits per heavy atom. The fourth-order valence-corrected chi connectivity index (χ4v) is 3.85. The van der Waals surface area contributed by atoms with E-state index in [1.165, 1.54) is 0 Å². The molecule has 1 aromatic carbocycles. The van der Waals surface area contributed by atoms with E-state index in [2.05, 4.69) is 5.32 Å². The van der Waals surface area contributed by atoms with Crippen LogP contribution in [0.3, 0.4) is 0 Å². The first-order valence-corrected chi connectivity index (χ1v) is 9.87. The van der Waals surface area contributed by atoms with E-state index in [1.54, 1.807) is 29.2 Å². The second kappa shape index (κ2) is 8.30. The molecule has 3 rings (SSSR count). The van der Waals surface area contributed by atoms with Gasteiger partial charge in [-0.25, -0.2) is 0 Å². The van der Waals surface area contributed by atoms with Gasteiger partial charge in [-0.2, -0.15) is 0 Å². The normalized spacial score (nSPS) is 21.0. The molecule has 2 fully saturated rings. The molecule has 2 aliphatic rings. The van der Waals surface area contributed by atoms with E-state index in [0.717, 1.165) is 12.8 Å². The number of nitrogens with one attached hydrogen (secondary N) is 1. The lowest BCUT2D eigenvalue weighted by Gasteiger charge is -2.33. The molecule has 1 N–H and O–H groups in total. The molecular formula is C20H26ClN3O3. The van der Waals surface area contributed by atoms with Crippen LogP contribution in [0.15, 0.2) is 24.3 Å². The second-order valence-corrected chi connectivity index (χ2v) is 8.06. The van der Waals surface area contributed by atoms with Gasteiger partial charge in [-0.05, 0) is 51.0 Å². The van der Waals surface area contributed by atoms with Crippen molar-refractivity contribution in [3.8, 4) is 0 Å². The Morgan fingerprint density at radius 1 is 1.15 bits per heavy atom. The Hall–Kier alpha value is -2.08. The van der Waals surface area contributed by atoms with Crippen LogP contribution in [-0.4, -0.2) is 59.2 Å². The highest BCUT2D eigenvalue weighted by Crippen LogP contribution is 2.21. The summed E-state index contributed by atoms with van der Waals surface area (Å²) in [5.41, 5.74) is 0.625. The molecule has 3 amide bonds. The lowest BCUT2D eigenvalue weighted by molar-refractivity contribution is -0.130. The minimum Gasteiger partial charge on any atom is -0.353 e. The van der Waals surface area contributed by atoms with Crippen molar-refractivity contribution in [1.29, 1.82) is 0 Å². The Morgan fingerprint density at radius 3 is 2.33 bits per heavy atom. The van der Waals surface area contributed by atoms with Crippen molar-refractivity contribution in [1.82, 2.24) is 15.1 Å². The number of piperidine rings is 1. The molecule has 7 heteroatoms. The lowest BCUT2D eigenvalue weighted by atomic mass is 10.0. The van der Waals surface area contributed by atoms with Crippen LogP contribution >= 0.6 is 11.6 Å². The maximum absolute atomic E-state index is 12.5. The molecule has 27 heavy (non-hydrogen) atoms. The molecule has 2 heterocycles. The largest absolute Gasteiger partial charge is 0.353 e. The number of carbonyl (C=O) groups excluding carboxylic acids is 3. The zero-order valence-corrected chi connectivity index (χ0v) is 16.5. The van der Waals surface area contributed by atoms with Crippen molar-refractivity contribution in [3.63, 3.8) is 0 Å². The van der Waals surface area contributed by atoms with Gasteiger partial charge in [0.1, 0.15) is 0 Å². The molecule has 1 aromatic rings. The maximum atomic E-state index is 12.5. The monoisotopic (exact) mass is 391 g/mol. The minimum atomic E-state index is -0.270. The van der Waals surface area contributed by atoms with Crippen LogP contribution in [0.5, 0.6) is 0 Å². The molecule has 0 bridgehead atoms. The molecule has 0 radical (unpaired) electrons. The van der Waals surface area contributed by atoms with E-state index >= 15 is 0 Å². The van der Waals surface area contributed by atoms with Gasteiger partial charge in [-0.15, -0.1) is 0 Å². The Bertz CT molecular complexity index is 712. The molecule has 2 aliphatic heterocycles. The average Bonchev–Trinajstić information content (AvgIpc) is 3.05. The first-order valence-electron chi connectivity index (χ1n) is 9.50. The molecule has 0 aromatic heterocycles. The van der Waals surface area contributed by atoms with Gasteiger partial charge >= 0.3 is 0 Å². The number of nitrogens with zero attached hydrogens (tertiary/aromatic N) is 2. The molecule has 1 atom stereocenters. The summed E-state index contributed by atoms with van der Waals surface area (Å²) in [5.74, 6) is -0.276. The Balaban J connectivity index is 1.48. The summed E-state index contributed by atoms with van der Waals surface area (Å²) >= 11 is 5.87. The highest BCUT2D eigenvalue weighted by atomic mass is 35.5. The van der Waals surface area contributed by atoms with Gasteiger partial charge in [0.15, 0.2) is 0 Å². The number of benzene rings is 1. The number of hydrogen-bond acceptors (Lipinski definition) is 3. The number of rotatable bonds is 4. The fraction of sp³-hybridized carbons (Fsp3) is 0.550. The van der Waals surface area contributed by atoms with E-state index in [1.807, 2.05) is 18.7 Å². The lowest BCUT2D eigenvalue weighted by Crippen LogP contribution is -2.48. The highest BCUT2D eigenvalue weighted by molar-refractivity contribution is 6.30. The molecule has 6 nitrogen and oxygen atoms in total. The van der Waals surface area contributed by atoms with Gasteiger partial charge in [-0.1, -0.05) is 11.6 Å². The Kier molecular flexibility index (Phi) is 6.05. The summed E-state index contributed by atoms with van der Waals surface area (Å²) in [5, 5.41) is 3.68. The molecule has 1 unspecified atom stereocenters. The maximum Gasteiger partial charge on any atom is 0.253 e. The molecular weight excluding hydrogens is 366 g/mol. The highest BCUT2D eigenvalue weighted by Gasteiger charge is 2.36. The topological polar surface area (TPSA) is 69.7 Å². The van der Waals surface area contributed by atoms with Crippen molar-refractivity contribution < 1.29 is 14.4 Å². The summed E-state index contributed by atoms with van der Waals surface area (Å²) < 4.78 is 0. The predicted octanol–water partition coefficient (Wildman–Crippen LogP) is 2.32. The third kappa shape index (κ3) is 4.61. The quantitative estimate of drug-likeness (QED) is 0.856. The summed E-state index contributed by atoms with van der Waals surface area (Å²) in [6.45, 7) is 5.63. The van der Waals surface area contributed by atoms with Crippen LogP contribution in [0, 0.1) is 5.92 Å². The van der Waals surface area contributed by atoms with Gasteiger partial charge in [0.25, 0.3) is 5.91 Å². The molecule has 2 saturated heterocycles. The van der Waals surface area contributed by atoms with E-state index in [4.69, 9.17) is 11.6 Å². The second-order valence-electron chi connectivity index (χ2n) is 7.62. The summed E-state index contributed by atoms with van der Waals surface area (Å²) in [7, 11) is 0. The third-order valence-electron chi connectivity index (χ3n) is 5.37. The first kappa shape index (κ1) is 19.7. The smallest absolute Gasteiger partial charge is 0.253 e. The third-order valence-corrected chi connectivity index (χ3v) is 5.62. The summed E-state index contributed by atoms with van der Waals surface area (Å²) in [6.07, 6.45) is 1.73. The number of amides is 3. The summed E-state index contributed by atoms with van der Waals surface area (Å²) in [6, 6.07) is 7.06.